The Bertz CT molecular complexity index is 1290. The number of methoxy groups -OCH3 is 1. The van der Waals surface area contributed by atoms with Crippen molar-refractivity contribution in [3.63, 3.8) is 0 Å². The molecule has 0 radical (unpaired) electrons. The standard InChI is InChI=1S/C31H35N3O3/c1-3-27-26(21-33(20-23-18-19-23)22-28(35)24-12-6-4-7-13-24)31(34(32-27)25-14-8-5-9-15-25)37-30-17-11-10-16-29(30)36-2/h4-17,23,28,35H,3,18-22H2,1-2H3. The Balaban J connectivity index is 1.52. The molecule has 6 nitrogen and oxygen atoms in total. The first-order valence-corrected chi connectivity index (χ1v) is 13.1. The number of hydrogen-bond donors (Lipinski definition) is 1. The molecule has 0 amide bonds. The maximum absolute atomic E-state index is 11.1. The van der Waals surface area contributed by atoms with Crippen LogP contribution in [0, 0.1) is 5.92 Å². The highest BCUT2D eigenvalue weighted by atomic mass is 16.5. The second-order valence-corrected chi connectivity index (χ2v) is 9.65. The van der Waals surface area contributed by atoms with Crippen molar-refractivity contribution < 1.29 is 14.6 Å². The highest BCUT2D eigenvalue weighted by molar-refractivity contribution is 5.47. The normalized spacial score (nSPS) is 14.1. The third kappa shape index (κ3) is 6.04. The van der Waals surface area contributed by atoms with Crippen LogP contribution in [-0.2, 0) is 13.0 Å². The topological polar surface area (TPSA) is 59.8 Å². The van der Waals surface area contributed by atoms with Crippen LogP contribution in [0.3, 0.4) is 0 Å². The lowest BCUT2D eigenvalue weighted by molar-refractivity contribution is 0.105. The second-order valence-electron chi connectivity index (χ2n) is 9.65. The molecule has 1 saturated carbocycles. The van der Waals surface area contributed by atoms with Crippen molar-refractivity contribution in [2.75, 3.05) is 20.2 Å². The zero-order valence-corrected chi connectivity index (χ0v) is 21.6. The van der Waals surface area contributed by atoms with Gasteiger partial charge in [0.25, 0.3) is 0 Å². The molecule has 1 unspecified atom stereocenters. The van der Waals surface area contributed by atoms with E-state index in [2.05, 4.69) is 11.8 Å². The highest BCUT2D eigenvalue weighted by Crippen LogP contribution is 2.37. The molecular weight excluding hydrogens is 462 g/mol. The van der Waals surface area contributed by atoms with Gasteiger partial charge in [-0.2, -0.15) is 5.10 Å². The lowest BCUT2D eigenvalue weighted by Gasteiger charge is -2.26. The zero-order valence-electron chi connectivity index (χ0n) is 21.6. The minimum atomic E-state index is -0.562. The Labute approximate surface area is 219 Å². The van der Waals surface area contributed by atoms with E-state index < -0.39 is 6.10 Å². The average molecular weight is 498 g/mol. The number of rotatable bonds is 12. The van der Waals surface area contributed by atoms with Crippen LogP contribution in [0.5, 0.6) is 17.4 Å². The van der Waals surface area contributed by atoms with Crippen LogP contribution in [-0.4, -0.2) is 40.0 Å². The first-order valence-electron chi connectivity index (χ1n) is 13.1. The number of benzene rings is 3. The Hall–Kier alpha value is -3.61. The molecular formula is C31H35N3O3. The number of aliphatic hydroxyl groups excluding tert-OH is 1. The minimum absolute atomic E-state index is 0.550. The van der Waals surface area contributed by atoms with Crippen molar-refractivity contribution in [2.45, 2.75) is 38.8 Å². The van der Waals surface area contributed by atoms with E-state index in [9.17, 15) is 5.11 Å². The van der Waals surface area contributed by atoms with Gasteiger partial charge in [0.2, 0.25) is 5.88 Å². The largest absolute Gasteiger partial charge is 0.493 e. The van der Waals surface area contributed by atoms with Gasteiger partial charge in [0, 0.05) is 19.6 Å². The van der Waals surface area contributed by atoms with Crippen LogP contribution >= 0.6 is 0 Å². The Morgan fingerprint density at radius 3 is 2.24 bits per heavy atom. The summed E-state index contributed by atoms with van der Waals surface area (Å²) in [5.74, 6) is 2.67. The van der Waals surface area contributed by atoms with Gasteiger partial charge < -0.3 is 14.6 Å². The van der Waals surface area contributed by atoms with Gasteiger partial charge in [-0.25, -0.2) is 4.68 Å². The number of aliphatic hydroxyl groups is 1. The summed E-state index contributed by atoms with van der Waals surface area (Å²) >= 11 is 0. The quantitative estimate of drug-likeness (QED) is 0.253. The summed E-state index contributed by atoms with van der Waals surface area (Å²) in [4.78, 5) is 2.36. The molecule has 1 aliphatic rings. The van der Waals surface area contributed by atoms with Gasteiger partial charge in [0.05, 0.1) is 30.2 Å². The summed E-state index contributed by atoms with van der Waals surface area (Å²) in [6, 6.07) is 27.7. The van der Waals surface area contributed by atoms with E-state index in [1.165, 1.54) is 12.8 Å². The first-order chi connectivity index (χ1) is 18.2. The van der Waals surface area contributed by atoms with Crippen LogP contribution in [0.25, 0.3) is 5.69 Å². The fourth-order valence-corrected chi connectivity index (χ4v) is 4.70. The molecule has 1 heterocycles. The summed E-state index contributed by atoms with van der Waals surface area (Å²) in [7, 11) is 1.65. The van der Waals surface area contributed by atoms with Gasteiger partial charge in [-0.15, -0.1) is 0 Å². The number of para-hydroxylation sites is 3. The second kappa shape index (κ2) is 11.6. The van der Waals surface area contributed by atoms with Crippen LogP contribution < -0.4 is 9.47 Å². The van der Waals surface area contributed by atoms with Crippen molar-refractivity contribution in [3.8, 4) is 23.1 Å². The van der Waals surface area contributed by atoms with Gasteiger partial charge in [0.15, 0.2) is 11.5 Å². The molecule has 5 rings (SSSR count). The maximum Gasteiger partial charge on any atom is 0.227 e. The minimum Gasteiger partial charge on any atom is -0.493 e. The maximum atomic E-state index is 11.1. The van der Waals surface area contributed by atoms with Gasteiger partial charge in [-0.1, -0.05) is 67.6 Å². The zero-order chi connectivity index (χ0) is 25.6. The number of nitrogens with zero attached hydrogens (tertiary/aromatic N) is 3. The average Bonchev–Trinajstić information content (AvgIpc) is 3.70. The van der Waals surface area contributed by atoms with Crippen LogP contribution in [0.4, 0.5) is 0 Å². The van der Waals surface area contributed by atoms with Crippen molar-refractivity contribution in [1.82, 2.24) is 14.7 Å². The number of aryl methyl sites for hydroxylation is 1. The SMILES string of the molecule is CCc1nn(-c2ccccc2)c(Oc2ccccc2OC)c1CN(CC1CC1)CC(O)c1ccccc1. The Morgan fingerprint density at radius 2 is 1.59 bits per heavy atom. The van der Waals surface area contributed by atoms with E-state index in [-0.39, 0.29) is 0 Å². The van der Waals surface area contributed by atoms with Gasteiger partial charge in [0.1, 0.15) is 0 Å². The molecule has 1 aliphatic carbocycles. The molecule has 3 aromatic carbocycles. The monoisotopic (exact) mass is 497 g/mol. The molecule has 1 fully saturated rings. The molecule has 37 heavy (non-hydrogen) atoms. The summed E-state index contributed by atoms with van der Waals surface area (Å²) in [6.45, 7) is 4.25. The van der Waals surface area contributed by atoms with Crippen molar-refractivity contribution in [1.29, 1.82) is 0 Å². The fourth-order valence-electron chi connectivity index (χ4n) is 4.70. The van der Waals surface area contributed by atoms with E-state index in [0.29, 0.717) is 36.4 Å². The van der Waals surface area contributed by atoms with Crippen LogP contribution in [0.2, 0.25) is 0 Å². The molecule has 0 bridgehead atoms. The molecule has 6 heteroatoms. The molecule has 4 aromatic rings. The third-order valence-corrected chi connectivity index (χ3v) is 6.84. The number of aromatic nitrogens is 2. The van der Waals surface area contributed by atoms with Gasteiger partial charge >= 0.3 is 0 Å². The highest BCUT2D eigenvalue weighted by Gasteiger charge is 2.29. The molecule has 1 N–H and O–H groups in total. The molecule has 0 saturated heterocycles. The summed E-state index contributed by atoms with van der Waals surface area (Å²) in [5, 5.41) is 16.1. The van der Waals surface area contributed by atoms with Crippen LogP contribution in [0.15, 0.2) is 84.9 Å². The first kappa shape index (κ1) is 25.1. The Morgan fingerprint density at radius 1 is 0.946 bits per heavy atom. The van der Waals surface area contributed by atoms with Crippen molar-refractivity contribution in [2.24, 2.45) is 5.92 Å². The van der Waals surface area contributed by atoms with E-state index in [1.807, 2.05) is 89.6 Å². The van der Waals surface area contributed by atoms with Crippen molar-refractivity contribution >= 4 is 0 Å². The van der Waals surface area contributed by atoms with Crippen molar-refractivity contribution in [3.05, 3.63) is 102 Å². The summed E-state index contributed by atoms with van der Waals surface area (Å²) < 4.78 is 14.1. The predicted octanol–water partition coefficient (Wildman–Crippen LogP) is 6.18. The molecule has 1 atom stereocenters. The van der Waals surface area contributed by atoms with E-state index in [1.54, 1.807) is 7.11 Å². The fraction of sp³-hybridized carbons (Fsp3) is 0.323. The summed E-state index contributed by atoms with van der Waals surface area (Å²) in [5.41, 5.74) is 3.90. The number of ether oxygens (including phenoxy) is 2. The molecule has 0 spiro atoms. The van der Waals surface area contributed by atoms with E-state index >= 15 is 0 Å². The molecule has 0 aliphatic heterocycles. The predicted molar refractivity (Wildman–Crippen MR) is 145 cm³/mol. The van der Waals surface area contributed by atoms with E-state index in [0.717, 1.165) is 35.5 Å². The lowest BCUT2D eigenvalue weighted by atomic mass is 10.1. The van der Waals surface area contributed by atoms with Gasteiger partial charge in [-0.05, 0) is 55.0 Å². The number of hydrogen-bond acceptors (Lipinski definition) is 5. The third-order valence-electron chi connectivity index (χ3n) is 6.84. The summed E-state index contributed by atoms with van der Waals surface area (Å²) in [6.07, 6.45) is 2.70. The van der Waals surface area contributed by atoms with Crippen LogP contribution in [0.1, 0.15) is 42.7 Å². The van der Waals surface area contributed by atoms with E-state index in [4.69, 9.17) is 14.6 Å². The molecule has 192 valence electrons. The molecule has 1 aromatic heterocycles. The lowest BCUT2D eigenvalue weighted by Crippen LogP contribution is -2.30. The Kier molecular flexibility index (Phi) is 7.87. The smallest absolute Gasteiger partial charge is 0.227 e. The van der Waals surface area contributed by atoms with Gasteiger partial charge in [-0.3, -0.25) is 4.90 Å².